The maximum atomic E-state index is 5.87. The molecule has 0 spiro atoms. The lowest BCUT2D eigenvalue weighted by Gasteiger charge is -2.39. The van der Waals surface area contributed by atoms with Crippen LogP contribution in [0.3, 0.4) is 0 Å². The first-order chi connectivity index (χ1) is 7.42. The summed E-state index contributed by atoms with van der Waals surface area (Å²) in [7, 11) is 0. The Hall–Kier alpha value is -0.160. The molecule has 15 heavy (non-hydrogen) atoms. The van der Waals surface area contributed by atoms with Gasteiger partial charge in [-0.2, -0.15) is 0 Å². The molecule has 0 amide bonds. The fraction of sp³-hybridized carbons (Fsp3) is 1.00. The SMILES string of the molecule is NCC(C1CCCCO1)N1CCOCC1. The van der Waals surface area contributed by atoms with Crippen molar-refractivity contribution in [3.63, 3.8) is 0 Å². The van der Waals surface area contributed by atoms with Crippen LogP contribution >= 0.6 is 0 Å². The molecule has 0 aromatic carbocycles. The highest BCUT2D eigenvalue weighted by molar-refractivity contribution is 4.84. The monoisotopic (exact) mass is 214 g/mol. The molecule has 2 unspecified atom stereocenters. The third kappa shape index (κ3) is 2.91. The molecule has 0 bridgehead atoms. The van der Waals surface area contributed by atoms with Crippen LogP contribution in [0.25, 0.3) is 0 Å². The lowest BCUT2D eigenvalue weighted by molar-refractivity contribution is -0.0640. The molecule has 0 radical (unpaired) electrons. The Morgan fingerprint density at radius 1 is 1.20 bits per heavy atom. The molecule has 4 heteroatoms. The van der Waals surface area contributed by atoms with Crippen LogP contribution in [-0.2, 0) is 9.47 Å². The van der Waals surface area contributed by atoms with Crippen molar-refractivity contribution in [1.29, 1.82) is 0 Å². The quantitative estimate of drug-likeness (QED) is 0.730. The molecule has 0 aromatic heterocycles. The third-order valence-electron chi connectivity index (χ3n) is 3.40. The highest BCUT2D eigenvalue weighted by atomic mass is 16.5. The predicted octanol–water partition coefficient (Wildman–Crippen LogP) is 0.215. The van der Waals surface area contributed by atoms with Crippen LogP contribution in [0.5, 0.6) is 0 Å². The molecule has 2 aliphatic heterocycles. The number of hydrogen-bond acceptors (Lipinski definition) is 4. The zero-order valence-electron chi connectivity index (χ0n) is 9.36. The van der Waals surface area contributed by atoms with Gasteiger partial charge in [-0.15, -0.1) is 0 Å². The van der Waals surface area contributed by atoms with Crippen LogP contribution in [-0.4, -0.2) is 56.5 Å². The molecule has 2 heterocycles. The molecule has 2 N–H and O–H groups in total. The second-order valence-electron chi connectivity index (χ2n) is 4.36. The van der Waals surface area contributed by atoms with Crippen molar-refractivity contribution in [3.05, 3.63) is 0 Å². The topological polar surface area (TPSA) is 47.7 Å². The molecule has 2 atom stereocenters. The summed E-state index contributed by atoms with van der Waals surface area (Å²) >= 11 is 0. The molecular formula is C11H22N2O2. The minimum Gasteiger partial charge on any atom is -0.379 e. The summed E-state index contributed by atoms with van der Waals surface area (Å²) in [5, 5.41) is 0. The summed E-state index contributed by atoms with van der Waals surface area (Å²) in [4.78, 5) is 2.43. The second-order valence-corrected chi connectivity index (χ2v) is 4.36. The average Bonchev–Trinajstić information content (AvgIpc) is 2.33. The normalized spacial score (nSPS) is 31.4. The standard InChI is InChI=1S/C11H22N2O2/c12-9-10(11-3-1-2-6-15-11)13-4-7-14-8-5-13/h10-11H,1-9,12H2. The Balaban J connectivity index is 1.88. The zero-order chi connectivity index (χ0) is 10.5. The van der Waals surface area contributed by atoms with Crippen molar-refractivity contribution in [1.82, 2.24) is 4.90 Å². The van der Waals surface area contributed by atoms with E-state index in [-0.39, 0.29) is 0 Å². The van der Waals surface area contributed by atoms with E-state index in [9.17, 15) is 0 Å². The number of nitrogens with zero attached hydrogens (tertiary/aromatic N) is 1. The largest absolute Gasteiger partial charge is 0.379 e. The Morgan fingerprint density at radius 3 is 2.60 bits per heavy atom. The van der Waals surface area contributed by atoms with Gasteiger partial charge in [-0.05, 0) is 19.3 Å². The van der Waals surface area contributed by atoms with Crippen LogP contribution in [0.1, 0.15) is 19.3 Å². The molecule has 0 aromatic rings. The summed E-state index contributed by atoms with van der Waals surface area (Å²) in [6.07, 6.45) is 4.00. The third-order valence-corrected chi connectivity index (χ3v) is 3.40. The number of rotatable bonds is 3. The van der Waals surface area contributed by atoms with E-state index >= 15 is 0 Å². The number of hydrogen-bond donors (Lipinski definition) is 1. The fourth-order valence-electron chi connectivity index (χ4n) is 2.51. The molecule has 2 rings (SSSR count). The minimum absolute atomic E-state index is 0.349. The smallest absolute Gasteiger partial charge is 0.0742 e. The first-order valence-electron chi connectivity index (χ1n) is 6.05. The number of morpholine rings is 1. The summed E-state index contributed by atoms with van der Waals surface area (Å²) in [6, 6.07) is 0.397. The second kappa shape index (κ2) is 5.80. The van der Waals surface area contributed by atoms with E-state index in [2.05, 4.69) is 4.90 Å². The van der Waals surface area contributed by atoms with Crippen LogP contribution < -0.4 is 5.73 Å². The van der Waals surface area contributed by atoms with Gasteiger partial charge < -0.3 is 15.2 Å². The first-order valence-corrected chi connectivity index (χ1v) is 6.05. The average molecular weight is 214 g/mol. The molecule has 4 nitrogen and oxygen atoms in total. The van der Waals surface area contributed by atoms with Gasteiger partial charge in [-0.3, -0.25) is 4.90 Å². The summed E-state index contributed by atoms with van der Waals surface area (Å²) in [5.41, 5.74) is 5.87. The van der Waals surface area contributed by atoms with Crippen molar-refractivity contribution < 1.29 is 9.47 Å². The minimum atomic E-state index is 0.349. The highest BCUT2D eigenvalue weighted by Gasteiger charge is 2.29. The van der Waals surface area contributed by atoms with E-state index in [1.165, 1.54) is 19.3 Å². The predicted molar refractivity (Wildman–Crippen MR) is 58.8 cm³/mol. The van der Waals surface area contributed by atoms with Crippen molar-refractivity contribution in [2.75, 3.05) is 39.5 Å². The van der Waals surface area contributed by atoms with Crippen molar-refractivity contribution in [2.45, 2.75) is 31.4 Å². The van der Waals surface area contributed by atoms with Crippen LogP contribution in [0.4, 0.5) is 0 Å². The molecule has 0 aliphatic carbocycles. The molecule has 2 saturated heterocycles. The van der Waals surface area contributed by atoms with Gasteiger partial charge in [0.05, 0.1) is 19.3 Å². The van der Waals surface area contributed by atoms with E-state index in [0.717, 1.165) is 32.9 Å². The first kappa shape index (κ1) is 11.3. The van der Waals surface area contributed by atoms with Crippen molar-refractivity contribution >= 4 is 0 Å². The lowest BCUT2D eigenvalue weighted by atomic mass is 10.0. The van der Waals surface area contributed by atoms with Gasteiger partial charge in [-0.25, -0.2) is 0 Å². The molecule has 0 saturated carbocycles. The Morgan fingerprint density at radius 2 is 2.00 bits per heavy atom. The van der Waals surface area contributed by atoms with Gasteiger partial charge in [0.15, 0.2) is 0 Å². The molecule has 2 aliphatic rings. The van der Waals surface area contributed by atoms with Gasteiger partial charge in [0.1, 0.15) is 0 Å². The van der Waals surface area contributed by atoms with Crippen LogP contribution in [0.15, 0.2) is 0 Å². The van der Waals surface area contributed by atoms with Gasteiger partial charge in [0, 0.05) is 32.3 Å². The van der Waals surface area contributed by atoms with E-state index < -0.39 is 0 Å². The molecular weight excluding hydrogens is 192 g/mol. The summed E-state index contributed by atoms with van der Waals surface area (Å²) in [6.45, 7) is 5.28. The van der Waals surface area contributed by atoms with E-state index in [1.54, 1.807) is 0 Å². The zero-order valence-corrected chi connectivity index (χ0v) is 9.36. The lowest BCUT2D eigenvalue weighted by Crippen LogP contribution is -2.53. The summed E-state index contributed by atoms with van der Waals surface area (Å²) in [5.74, 6) is 0. The van der Waals surface area contributed by atoms with Crippen molar-refractivity contribution in [2.24, 2.45) is 5.73 Å². The van der Waals surface area contributed by atoms with E-state index in [4.69, 9.17) is 15.2 Å². The van der Waals surface area contributed by atoms with Gasteiger partial charge in [-0.1, -0.05) is 0 Å². The Bertz CT molecular complexity index is 159. The van der Waals surface area contributed by atoms with E-state index in [0.29, 0.717) is 18.7 Å². The number of ether oxygens (including phenoxy) is 2. The maximum Gasteiger partial charge on any atom is 0.0742 e. The fourth-order valence-corrected chi connectivity index (χ4v) is 2.51. The van der Waals surface area contributed by atoms with E-state index in [1.807, 2.05) is 0 Å². The molecule has 88 valence electrons. The summed E-state index contributed by atoms with van der Waals surface area (Å²) < 4.78 is 11.2. The maximum absolute atomic E-state index is 5.87. The Labute approximate surface area is 91.7 Å². The van der Waals surface area contributed by atoms with Gasteiger partial charge in [0.25, 0.3) is 0 Å². The van der Waals surface area contributed by atoms with Crippen molar-refractivity contribution in [3.8, 4) is 0 Å². The highest BCUT2D eigenvalue weighted by Crippen LogP contribution is 2.19. The molecule has 2 fully saturated rings. The Kier molecular flexibility index (Phi) is 4.38. The van der Waals surface area contributed by atoms with Gasteiger partial charge in [0.2, 0.25) is 0 Å². The van der Waals surface area contributed by atoms with Crippen LogP contribution in [0, 0.1) is 0 Å². The number of nitrogens with two attached hydrogens (primary N) is 1. The van der Waals surface area contributed by atoms with Crippen LogP contribution in [0.2, 0.25) is 0 Å². The van der Waals surface area contributed by atoms with Gasteiger partial charge >= 0.3 is 0 Å².